The topological polar surface area (TPSA) is 64.3 Å². The van der Waals surface area contributed by atoms with Crippen LogP contribution in [0.15, 0.2) is 75.6 Å². The molecule has 4 aromatic rings. The van der Waals surface area contributed by atoms with Crippen LogP contribution in [0.4, 0.5) is 0 Å². The SMILES string of the molecule is CCN(Cc1ccccc1)C(=O)Cn1c(=O)n(-c2ccccc2C)c(=O)c2sccc21. The molecule has 0 unspecified atom stereocenters. The molecule has 0 atom stereocenters. The van der Waals surface area contributed by atoms with Crippen molar-refractivity contribution in [2.45, 2.75) is 26.9 Å². The van der Waals surface area contributed by atoms with Gasteiger partial charge in [-0.25, -0.2) is 9.36 Å². The largest absolute Gasteiger partial charge is 0.337 e. The average Bonchev–Trinajstić information content (AvgIpc) is 3.27. The molecule has 6 nitrogen and oxygen atoms in total. The van der Waals surface area contributed by atoms with Gasteiger partial charge in [-0.05, 0) is 42.5 Å². The summed E-state index contributed by atoms with van der Waals surface area (Å²) >= 11 is 1.28. The number of hydrogen-bond donors (Lipinski definition) is 0. The second-order valence-corrected chi connectivity index (χ2v) is 8.24. The fourth-order valence-corrected chi connectivity index (χ4v) is 4.51. The quantitative estimate of drug-likeness (QED) is 0.467. The monoisotopic (exact) mass is 433 g/mol. The van der Waals surface area contributed by atoms with Crippen LogP contribution in [0.2, 0.25) is 0 Å². The van der Waals surface area contributed by atoms with Gasteiger partial charge in [0.1, 0.15) is 11.2 Å². The standard InChI is InChI=1S/C24H23N3O3S/c1-3-25(15-18-10-5-4-6-11-18)21(28)16-26-20-13-14-31-22(20)23(29)27(24(26)30)19-12-8-7-9-17(19)2/h4-14H,3,15-16H2,1-2H3. The van der Waals surface area contributed by atoms with E-state index in [0.29, 0.717) is 29.0 Å². The Kier molecular flexibility index (Phi) is 5.86. The number of nitrogens with zero attached hydrogens (tertiary/aromatic N) is 3. The number of likely N-dealkylation sites (N-methyl/N-ethyl adjacent to an activating group) is 1. The Morgan fingerprint density at radius 2 is 1.71 bits per heavy atom. The zero-order chi connectivity index (χ0) is 22.0. The van der Waals surface area contributed by atoms with Crippen LogP contribution < -0.4 is 11.2 Å². The van der Waals surface area contributed by atoms with E-state index in [4.69, 9.17) is 0 Å². The molecular weight excluding hydrogens is 410 g/mol. The van der Waals surface area contributed by atoms with E-state index in [-0.39, 0.29) is 18.0 Å². The molecule has 0 N–H and O–H groups in total. The molecule has 0 spiro atoms. The first-order valence-corrected chi connectivity index (χ1v) is 11.0. The molecule has 0 fully saturated rings. The number of amides is 1. The van der Waals surface area contributed by atoms with E-state index in [0.717, 1.165) is 11.1 Å². The third-order valence-corrected chi connectivity index (χ3v) is 6.25. The minimum absolute atomic E-state index is 0.126. The van der Waals surface area contributed by atoms with Crippen LogP contribution in [0.5, 0.6) is 0 Å². The maximum Gasteiger partial charge on any atom is 0.336 e. The van der Waals surface area contributed by atoms with Crippen molar-refractivity contribution >= 4 is 27.5 Å². The summed E-state index contributed by atoms with van der Waals surface area (Å²) in [5.74, 6) is -0.170. The van der Waals surface area contributed by atoms with Gasteiger partial charge in [0.05, 0.1) is 11.2 Å². The maximum absolute atomic E-state index is 13.4. The lowest BCUT2D eigenvalue weighted by Crippen LogP contribution is -2.42. The van der Waals surface area contributed by atoms with E-state index in [2.05, 4.69) is 0 Å². The van der Waals surface area contributed by atoms with E-state index in [1.165, 1.54) is 20.5 Å². The van der Waals surface area contributed by atoms with Gasteiger partial charge in [0.25, 0.3) is 5.56 Å². The van der Waals surface area contributed by atoms with Crippen LogP contribution >= 0.6 is 11.3 Å². The Morgan fingerprint density at radius 3 is 2.42 bits per heavy atom. The molecule has 158 valence electrons. The molecule has 4 rings (SSSR count). The molecule has 0 aliphatic heterocycles. The molecule has 31 heavy (non-hydrogen) atoms. The van der Waals surface area contributed by atoms with Crippen LogP contribution in [0.25, 0.3) is 15.9 Å². The van der Waals surface area contributed by atoms with Gasteiger partial charge >= 0.3 is 5.69 Å². The van der Waals surface area contributed by atoms with Gasteiger partial charge in [0.15, 0.2) is 0 Å². The van der Waals surface area contributed by atoms with Crippen LogP contribution in [-0.4, -0.2) is 26.5 Å². The lowest BCUT2D eigenvalue weighted by Gasteiger charge is -2.22. The van der Waals surface area contributed by atoms with E-state index in [9.17, 15) is 14.4 Å². The van der Waals surface area contributed by atoms with Gasteiger partial charge in [-0.1, -0.05) is 48.5 Å². The molecular formula is C24H23N3O3S. The molecule has 0 aliphatic rings. The first kappa shape index (κ1) is 20.8. The number of carbonyl (C=O) groups is 1. The Hall–Kier alpha value is -3.45. The second-order valence-electron chi connectivity index (χ2n) is 7.32. The number of rotatable bonds is 6. The fraction of sp³-hybridized carbons (Fsp3) is 0.208. The number of aromatic nitrogens is 2. The molecule has 0 saturated carbocycles. The molecule has 0 radical (unpaired) electrons. The highest BCUT2D eigenvalue weighted by Crippen LogP contribution is 2.18. The predicted octanol–water partition coefficient (Wildman–Crippen LogP) is 3.57. The smallest absolute Gasteiger partial charge is 0.336 e. The number of para-hydroxylation sites is 1. The van der Waals surface area contributed by atoms with Crippen molar-refractivity contribution in [1.82, 2.24) is 14.0 Å². The summed E-state index contributed by atoms with van der Waals surface area (Å²) in [6.45, 7) is 4.63. The molecule has 0 aliphatic carbocycles. The van der Waals surface area contributed by atoms with Crippen molar-refractivity contribution in [3.8, 4) is 5.69 Å². The van der Waals surface area contributed by atoms with E-state index in [1.807, 2.05) is 56.3 Å². The summed E-state index contributed by atoms with van der Waals surface area (Å²) < 4.78 is 3.05. The van der Waals surface area contributed by atoms with Crippen molar-refractivity contribution in [2.75, 3.05) is 6.54 Å². The minimum Gasteiger partial charge on any atom is -0.337 e. The van der Waals surface area contributed by atoms with Crippen molar-refractivity contribution in [2.24, 2.45) is 0 Å². The zero-order valence-electron chi connectivity index (χ0n) is 17.4. The fourth-order valence-electron chi connectivity index (χ4n) is 3.68. The third-order valence-electron chi connectivity index (χ3n) is 5.36. The summed E-state index contributed by atoms with van der Waals surface area (Å²) in [7, 11) is 0. The highest BCUT2D eigenvalue weighted by Gasteiger charge is 2.20. The number of aryl methyl sites for hydroxylation is 1. The van der Waals surface area contributed by atoms with Gasteiger partial charge in [0, 0.05) is 13.1 Å². The van der Waals surface area contributed by atoms with Gasteiger partial charge in [-0.3, -0.25) is 14.2 Å². The lowest BCUT2D eigenvalue weighted by atomic mass is 10.2. The van der Waals surface area contributed by atoms with Crippen LogP contribution in [-0.2, 0) is 17.9 Å². The maximum atomic E-state index is 13.4. The highest BCUT2D eigenvalue weighted by atomic mass is 32.1. The summed E-state index contributed by atoms with van der Waals surface area (Å²) in [5, 5.41) is 1.77. The van der Waals surface area contributed by atoms with Gasteiger partial charge in [-0.15, -0.1) is 11.3 Å². The van der Waals surface area contributed by atoms with Crippen molar-refractivity contribution in [3.63, 3.8) is 0 Å². The first-order valence-electron chi connectivity index (χ1n) is 10.1. The van der Waals surface area contributed by atoms with Crippen molar-refractivity contribution < 1.29 is 4.79 Å². The molecule has 0 bridgehead atoms. The summed E-state index contributed by atoms with van der Waals surface area (Å²) in [6, 6.07) is 18.7. The van der Waals surface area contributed by atoms with Gasteiger partial charge < -0.3 is 4.90 Å². The van der Waals surface area contributed by atoms with E-state index in [1.54, 1.807) is 28.5 Å². The van der Waals surface area contributed by atoms with Crippen molar-refractivity contribution in [1.29, 1.82) is 0 Å². The molecule has 2 heterocycles. The second kappa shape index (κ2) is 8.73. The summed E-state index contributed by atoms with van der Waals surface area (Å²) in [5.41, 5.74) is 2.00. The Balaban J connectivity index is 1.78. The highest BCUT2D eigenvalue weighted by molar-refractivity contribution is 7.17. The number of carbonyl (C=O) groups excluding carboxylic acids is 1. The summed E-state index contributed by atoms with van der Waals surface area (Å²) in [6.07, 6.45) is 0. The molecule has 0 saturated heterocycles. The molecule has 1 amide bonds. The van der Waals surface area contributed by atoms with E-state index < -0.39 is 5.69 Å². The molecule has 7 heteroatoms. The van der Waals surface area contributed by atoms with Crippen LogP contribution in [0, 0.1) is 6.92 Å². The Morgan fingerprint density at radius 1 is 1.00 bits per heavy atom. The van der Waals surface area contributed by atoms with E-state index >= 15 is 0 Å². The first-order chi connectivity index (χ1) is 15.0. The van der Waals surface area contributed by atoms with Crippen LogP contribution in [0.3, 0.4) is 0 Å². The predicted molar refractivity (Wildman–Crippen MR) is 124 cm³/mol. The zero-order valence-corrected chi connectivity index (χ0v) is 18.3. The Labute approximate surface area is 183 Å². The molecule has 2 aromatic heterocycles. The Bertz CT molecular complexity index is 1350. The normalized spacial score (nSPS) is 11.0. The summed E-state index contributed by atoms with van der Waals surface area (Å²) in [4.78, 5) is 41.4. The number of thiophene rings is 1. The van der Waals surface area contributed by atoms with Crippen LogP contribution in [0.1, 0.15) is 18.1 Å². The number of hydrogen-bond acceptors (Lipinski definition) is 4. The average molecular weight is 434 g/mol. The minimum atomic E-state index is -0.505. The van der Waals surface area contributed by atoms with Gasteiger partial charge in [0.2, 0.25) is 5.91 Å². The molecule has 2 aromatic carbocycles. The number of benzene rings is 2. The van der Waals surface area contributed by atoms with Crippen molar-refractivity contribution in [3.05, 3.63) is 98.0 Å². The lowest BCUT2D eigenvalue weighted by molar-refractivity contribution is -0.132. The third kappa shape index (κ3) is 3.96. The number of fused-ring (bicyclic) bond motifs is 1. The van der Waals surface area contributed by atoms with Gasteiger partial charge in [-0.2, -0.15) is 0 Å².